The Morgan fingerprint density at radius 3 is 2.39 bits per heavy atom. The van der Waals surface area contributed by atoms with Crippen molar-refractivity contribution in [1.29, 1.82) is 0 Å². The Bertz CT molecular complexity index is 589. The SMILES string of the molecule is O=C(/C=C/c1ccccc1)c1ccc(F)cc1F. The molecule has 1 nitrogen and oxygen atoms in total. The van der Waals surface area contributed by atoms with Crippen molar-refractivity contribution in [3.05, 3.63) is 77.4 Å². The summed E-state index contributed by atoms with van der Waals surface area (Å²) in [6.07, 6.45) is 2.86. The third-order valence-corrected chi connectivity index (χ3v) is 2.42. The fourth-order valence-electron chi connectivity index (χ4n) is 1.52. The van der Waals surface area contributed by atoms with Gasteiger partial charge in [-0.1, -0.05) is 36.4 Å². The van der Waals surface area contributed by atoms with E-state index < -0.39 is 17.4 Å². The molecular formula is C15H10F2O. The minimum Gasteiger partial charge on any atom is -0.289 e. The van der Waals surface area contributed by atoms with Crippen LogP contribution in [0.25, 0.3) is 6.08 Å². The van der Waals surface area contributed by atoms with Crippen LogP contribution >= 0.6 is 0 Å². The molecule has 0 amide bonds. The molecule has 2 rings (SSSR count). The number of hydrogen-bond acceptors (Lipinski definition) is 1. The highest BCUT2D eigenvalue weighted by Gasteiger charge is 2.09. The zero-order valence-electron chi connectivity index (χ0n) is 9.44. The van der Waals surface area contributed by atoms with E-state index in [0.717, 1.165) is 17.7 Å². The van der Waals surface area contributed by atoms with Crippen LogP contribution in [0.1, 0.15) is 15.9 Å². The molecule has 18 heavy (non-hydrogen) atoms. The summed E-state index contributed by atoms with van der Waals surface area (Å²) < 4.78 is 26.0. The van der Waals surface area contributed by atoms with Crippen LogP contribution in [0.15, 0.2) is 54.6 Å². The third-order valence-electron chi connectivity index (χ3n) is 2.42. The molecule has 0 spiro atoms. The van der Waals surface area contributed by atoms with Gasteiger partial charge in [-0.2, -0.15) is 0 Å². The summed E-state index contributed by atoms with van der Waals surface area (Å²) in [7, 11) is 0. The zero-order chi connectivity index (χ0) is 13.0. The van der Waals surface area contributed by atoms with Gasteiger partial charge < -0.3 is 0 Å². The second kappa shape index (κ2) is 5.36. The summed E-state index contributed by atoms with van der Waals surface area (Å²) in [5.41, 5.74) is 0.706. The van der Waals surface area contributed by atoms with Gasteiger partial charge in [0.1, 0.15) is 11.6 Å². The monoisotopic (exact) mass is 244 g/mol. The summed E-state index contributed by atoms with van der Waals surface area (Å²) in [6.45, 7) is 0. The van der Waals surface area contributed by atoms with Crippen molar-refractivity contribution in [2.75, 3.05) is 0 Å². The molecule has 0 saturated heterocycles. The second-order valence-electron chi connectivity index (χ2n) is 3.73. The van der Waals surface area contributed by atoms with E-state index >= 15 is 0 Å². The van der Waals surface area contributed by atoms with Crippen LogP contribution in [0.3, 0.4) is 0 Å². The maximum atomic E-state index is 13.3. The molecule has 2 aromatic carbocycles. The lowest BCUT2D eigenvalue weighted by Gasteiger charge is -1.98. The van der Waals surface area contributed by atoms with E-state index in [-0.39, 0.29) is 5.56 Å². The summed E-state index contributed by atoms with van der Waals surface area (Å²) in [5, 5.41) is 0. The van der Waals surface area contributed by atoms with E-state index in [2.05, 4.69) is 0 Å². The van der Waals surface area contributed by atoms with Gasteiger partial charge in [0.15, 0.2) is 5.78 Å². The van der Waals surface area contributed by atoms with Crippen molar-refractivity contribution in [2.24, 2.45) is 0 Å². The van der Waals surface area contributed by atoms with Gasteiger partial charge in [-0.05, 0) is 23.8 Å². The van der Waals surface area contributed by atoms with E-state index in [1.165, 1.54) is 6.08 Å². The first kappa shape index (κ1) is 12.2. The highest BCUT2D eigenvalue weighted by molar-refractivity contribution is 6.06. The van der Waals surface area contributed by atoms with Gasteiger partial charge in [0.2, 0.25) is 0 Å². The van der Waals surface area contributed by atoms with Crippen molar-refractivity contribution in [2.45, 2.75) is 0 Å². The standard InChI is InChI=1S/C15H10F2O/c16-12-7-8-13(14(17)10-12)15(18)9-6-11-4-2-1-3-5-11/h1-10H/b9-6+. The Morgan fingerprint density at radius 2 is 1.72 bits per heavy atom. The maximum absolute atomic E-state index is 13.3. The molecule has 0 N–H and O–H groups in total. The predicted octanol–water partition coefficient (Wildman–Crippen LogP) is 3.86. The van der Waals surface area contributed by atoms with Crippen LogP contribution in [-0.2, 0) is 0 Å². The van der Waals surface area contributed by atoms with Gasteiger partial charge in [0.25, 0.3) is 0 Å². The molecule has 0 radical (unpaired) electrons. The van der Waals surface area contributed by atoms with Crippen LogP contribution in [0.2, 0.25) is 0 Å². The fourth-order valence-corrected chi connectivity index (χ4v) is 1.52. The molecular weight excluding hydrogens is 234 g/mol. The Hall–Kier alpha value is -2.29. The van der Waals surface area contributed by atoms with Gasteiger partial charge in [-0.3, -0.25) is 4.79 Å². The average molecular weight is 244 g/mol. The van der Waals surface area contributed by atoms with E-state index in [1.54, 1.807) is 6.08 Å². The molecule has 2 aromatic rings. The zero-order valence-corrected chi connectivity index (χ0v) is 9.44. The van der Waals surface area contributed by atoms with E-state index in [9.17, 15) is 13.6 Å². The number of rotatable bonds is 3. The quantitative estimate of drug-likeness (QED) is 0.592. The topological polar surface area (TPSA) is 17.1 Å². The van der Waals surface area contributed by atoms with Gasteiger partial charge in [0.05, 0.1) is 5.56 Å². The van der Waals surface area contributed by atoms with Gasteiger partial charge in [-0.25, -0.2) is 8.78 Å². The molecule has 0 unspecified atom stereocenters. The molecule has 90 valence electrons. The third kappa shape index (κ3) is 2.88. The van der Waals surface area contributed by atoms with Crippen molar-refractivity contribution in [3.63, 3.8) is 0 Å². The maximum Gasteiger partial charge on any atom is 0.188 e. The normalized spacial score (nSPS) is 10.8. The fraction of sp³-hybridized carbons (Fsp3) is 0. The molecule has 0 aliphatic rings. The minimum atomic E-state index is -0.849. The highest BCUT2D eigenvalue weighted by Crippen LogP contribution is 2.11. The molecule has 0 bridgehead atoms. The largest absolute Gasteiger partial charge is 0.289 e. The van der Waals surface area contributed by atoms with Crippen LogP contribution in [0.4, 0.5) is 8.78 Å². The molecule has 0 fully saturated rings. The van der Waals surface area contributed by atoms with Crippen molar-refractivity contribution in [1.82, 2.24) is 0 Å². The number of benzene rings is 2. The highest BCUT2D eigenvalue weighted by atomic mass is 19.1. The smallest absolute Gasteiger partial charge is 0.188 e. The Kier molecular flexibility index (Phi) is 3.63. The molecule has 0 aliphatic carbocycles. The van der Waals surface area contributed by atoms with Crippen molar-refractivity contribution in [3.8, 4) is 0 Å². The average Bonchev–Trinajstić information content (AvgIpc) is 2.37. The van der Waals surface area contributed by atoms with E-state index in [0.29, 0.717) is 6.07 Å². The number of halogens is 2. The first-order chi connectivity index (χ1) is 8.66. The molecule has 0 atom stereocenters. The minimum absolute atomic E-state index is 0.136. The first-order valence-electron chi connectivity index (χ1n) is 5.39. The Morgan fingerprint density at radius 1 is 1.00 bits per heavy atom. The van der Waals surface area contributed by atoms with Gasteiger partial charge >= 0.3 is 0 Å². The summed E-state index contributed by atoms with van der Waals surface area (Å²) in [4.78, 5) is 11.7. The van der Waals surface area contributed by atoms with Crippen LogP contribution in [-0.4, -0.2) is 5.78 Å². The van der Waals surface area contributed by atoms with Crippen LogP contribution in [0, 0.1) is 11.6 Å². The second-order valence-corrected chi connectivity index (χ2v) is 3.73. The van der Waals surface area contributed by atoms with Crippen molar-refractivity contribution < 1.29 is 13.6 Å². The molecule has 0 aliphatic heterocycles. The number of carbonyl (C=O) groups is 1. The summed E-state index contributed by atoms with van der Waals surface area (Å²) in [6, 6.07) is 12.1. The predicted molar refractivity (Wildman–Crippen MR) is 66.2 cm³/mol. The van der Waals surface area contributed by atoms with Crippen molar-refractivity contribution >= 4 is 11.9 Å². The van der Waals surface area contributed by atoms with Gasteiger partial charge in [0, 0.05) is 6.07 Å². The number of allylic oxidation sites excluding steroid dienone is 1. The Balaban J connectivity index is 2.20. The lowest BCUT2D eigenvalue weighted by Crippen LogP contribution is -1.99. The molecule has 0 heterocycles. The van der Waals surface area contributed by atoms with Gasteiger partial charge in [-0.15, -0.1) is 0 Å². The molecule has 3 heteroatoms. The van der Waals surface area contributed by atoms with Crippen LogP contribution in [0.5, 0.6) is 0 Å². The lowest BCUT2D eigenvalue weighted by molar-refractivity contribution is 0.104. The summed E-state index contributed by atoms with van der Waals surface area (Å²) >= 11 is 0. The summed E-state index contributed by atoms with van der Waals surface area (Å²) in [5.74, 6) is -2.04. The molecule has 0 saturated carbocycles. The van der Waals surface area contributed by atoms with E-state index in [1.807, 2.05) is 30.3 Å². The number of carbonyl (C=O) groups excluding carboxylic acids is 1. The first-order valence-corrected chi connectivity index (χ1v) is 5.39. The number of ketones is 1. The number of hydrogen-bond donors (Lipinski definition) is 0. The molecule has 0 aromatic heterocycles. The lowest BCUT2D eigenvalue weighted by atomic mass is 10.1. The van der Waals surface area contributed by atoms with E-state index in [4.69, 9.17) is 0 Å². The Labute approximate surface area is 103 Å². The van der Waals surface area contributed by atoms with Crippen LogP contribution < -0.4 is 0 Å².